The molecule has 1 fully saturated rings. The Kier molecular flexibility index (Phi) is 6.77. The Morgan fingerprint density at radius 1 is 1.22 bits per heavy atom. The molecule has 12 heteroatoms. The van der Waals surface area contributed by atoms with Crippen LogP contribution in [0.4, 0.5) is 14.6 Å². The van der Waals surface area contributed by atoms with Gasteiger partial charge >= 0.3 is 5.69 Å². The first-order valence-corrected chi connectivity index (χ1v) is 13.6. The molecule has 212 valence electrons. The Hall–Kier alpha value is -4.25. The first kappa shape index (κ1) is 26.9. The van der Waals surface area contributed by atoms with Gasteiger partial charge in [0.05, 0.1) is 22.9 Å². The number of piperazine rings is 1. The SMILES string of the molecule is C=CC(=O)N1C[C@H](C)N(c2nc(=O)n3c4c(c(-c5ccc(F)cc5F)c(Cl)cc24)OCC3Cn2ccnc2)C[C@H]1C. The Labute approximate surface area is 239 Å². The van der Waals surface area contributed by atoms with Gasteiger partial charge in [-0.1, -0.05) is 18.2 Å². The second-order valence-electron chi connectivity index (χ2n) is 10.4. The van der Waals surface area contributed by atoms with Crippen molar-refractivity contribution < 1.29 is 18.3 Å². The van der Waals surface area contributed by atoms with E-state index in [4.69, 9.17) is 16.3 Å². The van der Waals surface area contributed by atoms with Gasteiger partial charge in [-0.3, -0.25) is 9.36 Å². The molecule has 3 atom stereocenters. The lowest BCUT2D eigenvalue weighted by atomic mass is 9.99. The molecule has 4 heterocycles. The Morgan fingerprint density at radius 3 is 2.73 bits per heavy atom. The van der Waals surface area contributed by atoms with E-state index in [1.807, 2.05) is 23.3 Å². The highest BCUT2D eigenvalue weighted by Gasteiger charge is 2.36. The van der Waals surface area contributed by atoms with E-state index in [0.29, 0.717) is 36.4 Å². The van der Waals surface area contributed by atoms with E-state index < -0.39 is 23.4 Å². The second-order valence-corrected chi connectivity index (χ2v) is 10.8. The van der Waals surface area contributed by atoms with Crippen molar-refractivity contribution in [3.05, 3.63) is 82.8 Å². The second kappa shape index (κ2) is 10.3. The van der Waals surface area contributed by atoms with E-state index in [9.17, 15) is 14.0 Å². The number of benzene rings is 2. The van der Waals surface area contributed by atoms with Crippen LogP contribution in [0.15, 0.2) is 60.4 Å². The summed E-state index contributed by atoms with van der Waals surface area (Å²) < 4.78 is 38.5. The van der Waals surface area contributed by atoms with Crippen molar-refractivity contribution in [1.82, 2.24) is 24.0 Å². The fourth-order valence-corrected chi connectivity index (χ4v) is 6.14. The zero-order valence-corrected chi connectivity index (χ0v) is 23.2. The van der Waals surface area contributed by atoms with E-state index in [1.165, 1.54) is 12.1 Å². The number of aromatic nitrogens is 4. The largest absolute Gasteiger partial charge is 0.488 e. The molecular weight excluding hydrogens is 554 g/mol. The minimum Gasteiger partial charge on any atom is -0.488 e. The summed E-state index contributed by atoms with van der Waals surface area (Å²) in [6.07, 6.45) is 6.37. The Balaban J connectivity index is 1.58. The van der Waals surface area contributed by atoms with E-state index in [0.717, 1.165) is 12.1 Å². The number of carbonyl (C=O) groups excluding carboxylic acids is 1. The van der Waals surface area contributed by atoms with E-state index in [-0.39, 0.29) is 46.5 Å². The molecule has 9 nitrogen and oxygen atoms in total. The standard InChI is InChI=1S/C29H27ClF2N6O3/c1-4-24(39)36-11-17(3)37(12-16(36)2)28-21-10-22(30)25(20-6-5-18(31)9-23(20)32)27-26(21)38(29(40)34-28)19(14-41-27)13-35-8-7-33-15-35/h4-10,15-17,19H,1,11-14H2,2-3H3/t16-,17+,19?/m1/s1. The van der Waals surface area contributed by atoms with Crippen molar-refractivity contribution in [3.63, 3.8) is 0 Å². The van der Waals surface area contributed by atoms with Crippen LogP contribution in [-0.4, -0.2) is 61.7 Å². The van der Waals surface area contributed by atoms with Gasteiger partial charge in [-0.2, -0.15) is 4.98 Å². The molecule has 0 spiro atoms. The Morgan fingerprint density at radius 2 is 2.02 bits per heavy atom. The number of nitrogens with zero attached hydrogens (tertiary/aromatic N) is 6. The summed E-state index contributed by atoms with van der Waals surface area (Å²) in [5.41, 5.74) is 0.200. The molecular formula is C29H27ClF2N6O3. The molecule has 1 amide bonds. The normalized spacial score (nSPS) is 20.3. The van der Waals surface area contributed by atoms with Crippen molar-refractivity contribution in [2.24, 2.45) is 0 Å². The molecule has 2 aliphatic heterocycles. The predicted molar refractivity (Wildman–Crippen MR) is 151 cm³/mol. The van der Waals surface area contributed by atoms with Crippen molar-refractivity contribution in [2.45, 2.75) is 38.5 Å². The summed E-state index contributed by atoms with van der Waals surface area (Å²) in [5.74, 6) is -1.08. The summed E-state index contributed by atoms with van der Waals surface area (Å²) in [6.45, 7) is 8.76. The molecule has 6 rings (SSSR count). The minimum absolute atomic E-state index is 0.0530. The number of anilines is 1. The van der Waals surface area contributed by atoms with Crippen LogP contribution in [0, 0.1) is 11.6 Å². The monoisotopic (exact) mass is 580 g/mol. The fraction of sp³-hybridized carbons (Fsp3) is 0.310. The van der Waals surface area contributed by atoms with Crippen LogP contribution in [0.5, 0.6) is 5.75 Å². The van der Waals surface area contributed by atoms with Gasteiger partial charge in [0.25, 0.3) is 0 Å². The summed E-state index contributed by atoms with van der Waals surface area (Å²) in [7, 11) is 0. The molecule has 0 N–H and O–H groups in total. The molecule has 2 aromatic heterocycles. The van der Waals surface area contributed by atoms with Crippen LogP contribution in [0.2, 0.25) is 5.02 Å². The molecule has 41 heavy (non-hydrogen) atoms. The minimum atomic E-state index is -0.805. The summed E-state index contributed by atoms with van der Waals surface area (Å²) in [6, 6.07) is 4.07. The van der Waals surface area contributed by atoms with Crippen molar-refractivity contribution >= 4 is 34.2 Å². The topological polar surface area (TPSA) is 85.5 Å². The first-order chi connectivity index (χ1) is 19.7. The third-order valence-electron chi connectivity index (χ3n) is 7.78. The molecule has 0 bridgehead atoms. The Bertz CT molecular complexity index is 1740. The first-order valence-electron chi connectivity index (χ1n) is 13.2. The van der Waals surface area contributed by atoms with Gasteiger partial charge in [-0.25, -0.2) is 18.6 Å². The maximum Gasteiger partial charge on any atom is 0.350 e. The average Bonchev–Trinajstić information content (AvgIpc) is 3.45. The highest BCUT2D eigenvalue weighted by atomic mass is 35.5. The molecule has 2 aromatic carbocycles. The predicted octanol–water partition coefficient (Wildman–Crippen LogP) is 4.44. The van der Waals surface area contributed by atoms with E-state index in [2.05, 4.69) is 16.5 Å². The van der Waals surface area contributed by atoms with Gasteiger partial charge < -0.3 is 19.1 Å². The van der Waals surface area contributed by atoms with Gasteiger partial charge in [0.1, 0.15) is 24.1 Å². The number of hydrogen-bond acceptors (Lipinski definition) is 6. The van der Waals surface area contributed by atoms with Crippen LogP contribution >= 0.6 is 11.6 Å². The number of ether oxygens (including phenoxy) is 1. The van der Waals surface area contributed by atoms with Gasteiger partial charge in [0, 0.05) is 66.7 Å². The average molecular weight is 581 g/mol. The fourth-order valence-electron chi connectivity index (χ4n) is 5.84. The third-order valence-corrected chi connectivity index (χ3v) is 8.08. The zero-order chi connectivity index (χ0) is 29.0. The molecule has 2 aliphatic rings. The van der Waals surface area contributed by atoms with Crippen molar-refractivity contribution in [2.75, 3.05) is 24.6 Å². The van der Waals surface area contributed by atoms with Crippen molar-refractivity contribution in [3.8, 4) is 16.9 Å². The molecule has 0 aliphatic carbocycles. The van der Waals surface area contributed by atoms with Crippen LogP contribution in [0.1, 0.15) is 19.9 Å². The number of imidazole rings is 1. The van der Waals surface area contributed by atoms with Gasteiger partial charge in [0.2, 0.25) is 5.91 Å². The third kappa shape index (κ3) is 4.54. The van der Waals surface area contributed by atoms with Crippen molar-refractivity contribution in [1.29, 1.82) is 0 Å². The summed E-state index contributed by atoms with van der Waals surface area (Å²) >= 11 is 6.81. The van der Waals surface area contributed by atoms with Gasteiger partial charge in [-0.05, 0) is 38.1 Å². The lowest BCUT2D eigenvalue weighted by molar-refractivity contribution is -0.128. The van der Waals surface area contributed by atoms with E-state index >= 15 is 4.39 Å². The van der Waals surface area contributed by atoms with Crippen LogP contribution in [-0.2, 0) is 11.3 Å². The van der Waals surface area contributed by atoms with Crippen LogP contribution < -0.4 is 15.3 Å². The molecule has 1 saturated heterocycles. The number of carbonyl (C=O) groups is 1. The number of amides is 1. The number of hydrogen-bond donors (Lipinski definition) is 0. The number of halogens is 3. The molecule has 0 radical (unpaired) electrons. The number of rotatable bonds is 5. The highest BCUT2D eigenvalue weighted by Crippen LogP contribution is 2.47. The maximum absolute atomic E-state index is 15.1. The molecule has 1 unspecified atom stereocenters. The maximum atomic E-state index is 15.1. The van der Waals surface area contributed by atoms with Gasteiger partial charge in [0.15, 0.2) is 5.75 Å². The van der Waals surface area contributed by atoms with Crippen LogP contribution in [0.3, 0.4) is 0 Å². The molecule has 0 saturated carbocycles. The lowest BCUT2D eigenvalue weighted by Gasteiger charge is -2.45. The molecule has 4 aromatic rings. The quantitative estimate of drug-likeness (QED) is 0.325. The summed E-state index contributed by atoms with van der Waals surface area (Å²) in [4.78, 5) is 38.6. The van der Waals surface area contributed by atoms with Crippen LogP contribution in [0.25, 0.3) is 22.0 Å². The highest BCUT2D eigenvalue weighted by molar-refractivity contribution is 6.35. The zero-order valence-electron chi connectivity index (χ0n) is 22.4. The van der Waals surface area contributed by atoms with Gasteiger partial charge in [-0.15, -0.1) is 0 Å². The summed E-state index contributed by atoms with van der Waals surface area (Å²) in [5, 5.41) is 0.717. The van der Waals surface area contributed by atoms with E-state index in [1.54, 1.807) is 34.3 Å². The lowest BCUT2D eigenvalue weighted by Crippen LogP contribution is -2.58. The smallest absolute Gasteiger partial charge is 0.350 e.